The van der Waals surface area contributed by atoms with Gasteiger partial charge in [-0.1, -0.05) is 30.3 Å². The van der Waals surface area contributed by atoms with Crippen LogP contribution in [0.15, 0.2) is 30.3 Å². The van der Waals surface area contributed by atoms with Gasteiger partial charge >= 0.3 is 0 Å². The van der Waals surface area contributed by atoms with Crippen LogP contribution in [-0.2, 0) is 4.79 Å². The number of hydrogen-bond acceptors (Lipinski definition) is 2. The van der Waals surface area contributed by atoms with E-state index in [1.807, 2.05) is 30.3 Å². The quantitative estimate of drug-likeness (QED) is 0.881. The fraction of sp³-hybridized carbons (Fsp3) is 0.588. The number of aliphatic hydroxyl groups excluding tert-OH is 1. The van der Waals surface area contributed by atoms with E-state index in [-0.39, 0.29) is 11.8 Å². The first-order valence-corrected chi connectivity index (χ1v) is 7.76. The molecule has 4 rings (SSSR count). The van der Waals surface area contributed by atoms with Crippen LogP contribution in [0.25, 0.3) is 0 Å². The fourth-order valence-electron chi connectivity index (χ4n) is 4.78. The first kappa shape index (κ1) is 12.4. The lowest BCUT2D eigenvalue weighted by atomic mass is 10.0. The molecule has 106 valence electrons. The molecule has 2 bridgehead atoms. The van der Waals surface area contributed by atoms with Gasteiger partial charge in [-0.3, -0.25) is 4.79 Å². The second-order valence-electron chi connectivity index (χ2n) is 6.69. The minimum Gasteiger partial charge on any atom is -0.387 e. The van der Waals surface area contributed by atoms with Crippen molar-refractivity contribution in [2.75, 3.05) is 6.54 Å². The van der Waals surface area contributed by atoms with Crippen LogP contribution in [0.1, 0.15) is 30.9 Å². The molecule has 3 aliphatic rings. The van der Waals surface area contributed by atoms with Crippen molar-refractivity contribution < 1.29 is 9.90 Å². The number of nitrogens with one attached hydrogen (secondary N) is 1. The highest BCUT2D eigenvalue weighted by atomic mass is 16.3. The number of carbonyl (C=O) groups excluding carboxylic acids is 1. The van der Waals surface area contributed by atoms with Gasteiger partial charge in [0.05, 0.1) is 6.10 Å². The summed E-state index contributed by atoms with van der Waals surface area (Å²) in [7, 11) is 0. The van der Waals surface area contributed by atoms with Gasteiger partial charge in [0.25, 0.3) is 0 Å². The summed E-state index contributed by atoms with van der Waals surface area (Å²) in [6.45, 7) is 0.327. The fourth-order valence-corrected chi connectivity index (χ4v) is 4.78. The molecule has 3 heteroatoms. The molecular weight excluding hydrogens is 250 g/mol. The standard InChI is InChI=1S/C17H21NO2/c19-13(10-4-2-1-3-5-10)9-18-17(20)16-14-11-6-7-12(8-11)15(14)16/h1-5,11-16,19H,6-9H2,(H,18,20). The van der Waals surface area contributed by atoms with Crippen molar-refractivity contribution >= 4 is 5.91 Å². The third-order valence-electron chi connectivity index (χ3n) is 5.69. The summed E-state index contributed by atoms with van der Waals surface area (Å²) in [5.41, 5.74) is 0.865. The Morgan fingerprint density at radius 1 is 1.20 bits per heavy atom. The van der Waals surface area contributed by atoms with E-state index >= 15 is 0 Å². The van der Waals surface area contributed by atoms with Gasteiger partial charge in [0, 0.05) is 12.5 Å². The maximum atomic E-state index is 12.3. The van der Waals surface area contributed by atoms with Gasteiger partial charge in [0.2, 0.25) is 5.91 Å². The van der Waals surface area contributed by atoms with Gasteiger partial charge < -0.3 is 10.4 Å². The van der Waals surface area contributed by atoms with E-state index in [2.05, 4.69) is 5.32 Å². The number of carbonyl (C=O) groups is 1. The van der Waals surface area contributed by atoms with Gasteiger partial charge in [-0.05, 0) is 48.5 Å². The molecule has 3 saturated carbocycles. The highest BCUT2D eigenvalue weighted by Crippen LogP contribution is 2.69. The van der Waals surface area contributed by atoms with Gasteiger partial charge in [-0.25, -0.2) is 0 Å². The van der Waals surface area contributed by atoms with E-state index < -0.39 is 6.10 Å². The Labute approximate surface area is 119 Å². The van der Waals surface area contributed by atoms with E-state index in [0.29, 0.717) is 18.4 Å². The highest BCUT2D eigenvalue weighted by molar-refractivity contribution is 5.82. The summed E-state index contributed by atoms with van der Waals surface area (Å²) >= 11 is 0. The average Bonchev–Trinajstić information content (AvgIpc) is 2.93. The van der Waals surface area contributed by atoms with Crippen molar-refractivity contribution in [1.82, 2.24) is 5.32 Å². The molecule has 2 N–H and O–H groups in total. The average molecular weight is 271 g/mol. The normalized spacial score (nSPS) is 38.4. The lowest BCUT2D eigenvalue weighted by Gasteiger charge is -2.13. The smallest absolute Gasteiger partial charge is 0.223 e. The lowest BCUT2D eigenvalue weighted by Crippen LogP contribution is -2.31. The Bertz CT molecular complexity index is 499. The Morgan fingerprint density at radius 3 is 2.50 bits per heavy atom. The Hall–Kier alpha value is -1.35. The topological polar surface area (TPSA) is 49.3 Å². The summed E-state index contributed by atoms with van der Waals surface area (Å²) in [4.78, 5) is 12.3. The minimum atomic E-state index is -0.601. The molecule has 1 amide bonds. The van der Waals surface area contributed by atoms with Crippen LogP contribution in [0.3, 0.4) is 0 Å². The molecule has 0 heterocycles. The van der Waals surface area contributed by atoms with E-state index in [1.54, 1.807) is 0 Å². The Balaban J connectivity index is 1.32. The number of hydrogen-bond donors (Lipinski definition) is 2. The second-order valence-corrected chi connectivity index (χ2v) is 6.69. The highest BCUT2D eigenvalue weighted by Gasteiger charge is 2.67. The maximum Gasteiger partial charge on any atom is 0.223 e. The first-order chi connectivity index (χ1) is 9.75. The second kappa shape index (κ2) is 4.59. The number of benzene rings is 1. The molecule has 0 spiro atoms. The van der Waals surface area contributed by atoms with Gasteiger partial charge in [-0.2, -0.15) is 0 Å². The molecule has 1 aromatic rings. The molecule has 20 heavy (non-hydrogen) atoms. The van der Waals surface area contributed by atoms with Crippen LogP contribution in [0.4, 0.5) is 0 Å². The predicted octanol–water partition coefficient (Wildman–Crippen LogP) is 2.13. The van der Waals surface area contributed by atoms with Crippen molar-refractivity contribution in [3.63, 3.8) is 0 Å². The first-order valence-electron chi connectivity index (χ1n) is 7.76. The zero-order valence-electron chi connectivity index (χ0n) is 11.5. The summed E-state index contributed by atoms with van der Waals surface area (Å²) in [6, 6.07) is 9.52. The SMILES string of the molecule is O=C(NCC(O)c1ccccc1)C1C2C3CCC(C3)C12. The largest absolute Gasteiger partial charge is 0.387 e. The lowest BCUT2D eigenvalue weighted by molar-refractivity contribution is -0.123. The molecule has 3 nitrogen and oxygen atoms in total. The van der Waals surface area contributed by atoms with Crippen LogP contribution >= 0.6 is 0 Å². The third kappa shape index (κ3) is 1.87. The van der Waals surface area contributed by atoms with E-state index in [4.69, 9.17) is 0 Å². The third-order valence-corrected chi connectivity index (χ3v) is 5.69. The molecule has 0 aromatic heterocycles. The van der Waals surface area contributed by atoms with Crippen molar-refractivity contribution in [2.24, 2.45) is 29.6 Å². The van der Waals surface area contributed by atoms with Gasteiger partial charge in [0.1, 0.15) is 0 Å². The molecule has 5 unspecified atom stereocenters. The molecule has 0 saturated heterocycles. The molecular formula is C17H21NO2. The number of amides is 1. The Morgan fingerprint density at radius 2 is 1.85 bits per heavy atom. The van der Waals surface area contributed by atoms with Crippen molar-refractivity contribution in [3.8, 4) is 0 Å². The number of fused-ring (bicyclic) bond motifs is 5. The zero-order chi connectivity index (χ0) is 13.7. The Kier molecular flexibility index (Phi) is 2.84. The van der Waals surface area contributed by atoms with Crippen molar-refractivity contribution in [1.29, 1.82) is 0 Å². The monoisotopic (exact) mass is 271 g/mol. The van der Waals surface area contributed by atoms with Crippen LogP contribution in [0.5, 0.6) is 0 Å². The zero-order valence-corrected chi connectivity index (χ0v) is 11.5. The molecule has 3 aliphatic carbocycles. The molecule has 3 fully saturated rings. The number of aliphatic hydroxyl groups is 1. The van der Waals surface area contributed by atoms with E-state index in [0.717, 1.165) is 17.4 Å². The van der Waals surface area contributed by atoms with Crippen LogP contribution in [0.2, 0.25) is 0 Å². The van der Waals surface area contributed by atoms with E-state index in [9.17, 15) is 9.90 Å². The van der Waals surface area contributed by atoms with Crippen LogP contribution < -0.4 is 5.32 Å². The van der Waals surface area contributed by atoms with Crippen LogP contribution in [-0.4, -0.2) is 17.6 Å². The van der Waals surface area contributed by atoms with Crippen molar-refractivity contribution in [2.45, 2.75) is 25.4 Å². The minimum absolute atomic E-state index is 0.173. The van der Waals surface area contributed by atoms with Crippen molar-refractivity contribution in [3.05, 3.63) is 35.9 Å². The summed E-state index contributed by atoms with van der Waals surface area (Å²) in [5, 5.41) is 13.0. The summed E-state index contributed by atoms with van der Waals surface area (Å²) < 4.78 is 0. The molecule has 0 radical (unpaired) electrons. The summed E-state index contributed by atoms with van der Waals surface area (Å²) in [6.07, 6.45) is 3.44. The van der Waals surface area contributed by atoms with E-state index in [1.165, 1.54) is 19.3 Å². The maximum absolute atomic E-state index is 12.3. The van der Waals surface area contributed by atoms with Crippen LogP contribution in [0, 0.1) is 29.6 Å². The van der Waals surface area contributed by atoms with Gasteiger partial charge in [0.15, 0.2) is 0 Å². The van der Waals surface area contributed by atoms with Gasteiger partial charge in [-0.15, -0.1) is 0 Å². The number of rotatable bonds is 4. The summed E-state index contributed by atoms with van der Waals surface area (Å²) in [5.74, 6) is 3.40. The molecule has 5 atom stereocenters. The molecule has 0 aliphatic heterocycles. The predicted molar refractivity (Wildman–Crippen MR) is 75.7 cm³/mol. The molecule has 1 aromatic carbocycles.